The Bertz CT molecular complexity index is 583. The molecule has 0 aliphatic carbocycles. The molecule has 6 heteroatoms. The summed E-state index contributed by atoms with van der Waals surface area (Å²) in [6, 6.07) is 5.31. The molecule has 106 valence electrons. The van der Waals surface area contributed by atoms with E-state index in [4.69, 9.17) is 5.73 Å². The monoisotopic (exact) mass is 290 g/mol. The van der Waals surface area contributed by atoms with Crippen LogP contribution in [0.15, 0.2) is 29.1 Å². The number of anilines is 2. The lowest BCUT2D eigenvalue weighted by Gasteiger charge is -2.21. The quantitative estimate of drug-likeness (QED) is 0.827. The third-order valence-electron chi connectivity index (χ3n) is 2.90. The number of nitrogens with zero attached hydrogens (tertiary/aromatic N) is 2. The molecule has 2 aromatic rings. The Labute approximate surface area is 122 Å². The Morgan fingerprint density at radius 1 is 1.50 bits per heavy atom. The van der Waals surface area contributed by atoms with Crippen LogP contribution in [-0.2, 0) is 6.54 Å². The number of nitrogen functional groups attached to an aromatic ring is 1. The molecule has 5 nitrogen and oxygen atoms in total. The molecule has 2 rings (SSSR count). The molecule has 0 spiro atoms. The van der Waals surface area contributed by atoms with Crippen molar-refractivity contribution in [3.8, 4) is 0 Å². The van der Waals surface area contributed by atoms with Gasteiger partial charge in [0.2, 0.25) is 0 Å². The Balaban J connectivity index is 2.28. The average Bonchev–Trinajstić information content (AvgIpc) is 2.91. The molecule has 0 bridgehead atoms. The fourth-order valence-corrected chi connectivity index (χ4v) is 2.51. The highest BCUT2D eigenvalue weighted by molar-refractivity contribution is 7.07. The van der Waals surface area contributed by atoms with Gasteiger partial charge in [-0.1, -0.05) is 0 Å². The van der Waals surface area contributed by atoms with E-state index < -0.39 is 0 Å². The van der Waals surface area contributed by atoms with Crippen LogP contribution >= 0.6 is 11.3 Å². The average molecular weight is 290 g/mol. The summed E-state index contributed by atoms with van der Waals surface area (Å²) in [5, 5.41) is 4.81. The first kappa shape index (κ1) is 14.3. The Morgan fingerprint density at radius 3 is 2.95 bits per heavy atom. The second-order valence-corrected chi connectivity index (χ2v) is 5.19. The summed E-state index contributed by atoms with van der Waals surface area (Å²) in [5.74, 6) is -0.0902. The van der Waals surface area contributed by atoms with E-state index in [1.54, 1.807) is 29.0 Å². The number of thiazole rings is 1. The maximum atomic E-state index is 12.1. The lowest BCUT2D eigenvalue weighted by atomic mass is 10.1. The summed E-state index contributed by atoms with van der Waals surface area (Å²) < 4.78 is 0. The lowest BCUT2D eigenvalue weighted by molar-refractivity contribution is 0.0956. The number of carbonyl (C=O) groups excluding carboxylic acids is 1. The summed E-state index contributed by atoms with van der Waals surface area (Å²) in [7, 11) is 1.93. The molecular formula is C14H18N4OS. The zero-order valence-corrected chi connectivity index (χ0v) is 12.4. The van der Waals surface area contributed by atoms with Crippen molar-refractivity contribution in [3.05, 3.63) is 40.3 Å². The summed E-state index contributed by atoms with van der Waals surface area (Å²) in [6.07, 6.45) is 0. The van der Waals surface area contributed by atoms with Gasteiger partial charge >= 0.3 is 0 Å². The van der Waals surface area contributed by atoms with Crippen molar-refractivity contribution in [2.24, 2.45) is 0 Å². The predicted molar refractivity (Wildman–Crippen MR) is 83.1 cm³/mol. The maximum absolute atomic E-state index is 12.1. The fraction of sp³-hybridized carbons (Fsp3) is 0.286. The highest BCUT2D eigenvalue weighted by Gasteiger charge is 2.15. The second kappa shape index (κ2) is 6.38. The van der Waals surface area contributed by atoms with Gasteiger partial charge in [0.05, 0.1) is 29.0 Å². The minimum absolute atomic E-state index is 0.0902. The zero-order chi connectivity index (χ0) is 14.5. The van der Waals surface area contributed by atoms with E-state index in [0.717, 1.165) is 11.4 Å². The molecule has 0 unspecified atom stereocenters. The minimum Gasteiger partial charge on any atom is -0.399 e. The van der Waals surface area contributed by atoms with E-state index in [2.05, 4.69) is 10.3 Å². The molecule has 0 fully saturated rings. The van der Waals surface area contributed by atoms with Crippen LogP contribution in [0.2, 0.25) is 0 Å². The van der Waals surface area contributed by atoms with Crippen molar-refractivity contribution in [1.82, 2.24) is 10.3 Å². The number of benzene rings is 1. The molecule has 0 atom stereocenters. The maximum Gasteiger partial charge on any atom is 0.253 e. The van der Waals surface area contributed by atoms with Crippen LogP contribution in [-0.4, -0.2) is 24.5 Å². The molecule has 0 saturated carbocycles. The predicted octanol–water partition coefficient (Wildman–Crippen LogP) is 2.11. The molecule has 0 aliphatic rings. The van der Waals surface area contributed by atoms with Gasteiger partial charge in [-0.2, -0.15) is 0 Å². The number of aromatic nitrogens is 1. The van der Waals surface area contributed by atoms with Gasteiger partial charge in [0.15, 0.2) is 0 Å². The summed E-state index contributed by atoms with van der Waals surface area (Å²) in [6.45, 7) is 3.13. The molecule has 20 heavy (non-hydrogen) atoms. The largest absolute Gasteiger partial charge is 0.399 e. The first-order chi connectivity index (χ1) is 9.61. The summed E-state index contributed by atoms with van der Waals surface area (Å²) in [4.78, 5) is 18.3. The van der Waals surface area contributed by atoms with Gasteiger partial charge in [-0.25, -0.2) is 4.98 Å². The Kier molecular flexibility index (Phi) is 4.57. The van der Waals surface area contributed by atoms with E-state index in [9.17, 15) is 4.79 Å². The van der Waals surface area contributed by atoms with Crippen LogP contribution in [0.1, 0.15) is 23.0 Å². The van der Waals surface area contributed by atoms with Crippen LogP contribution < -0.4 is 16.0 Å². The highest BCUT2D eigenvalue weighted by atomic mass is 32.1. The fourth-order valence-electron chi connectivity index (χ4n) is 1.96. The number of rotatable bonds is 5. The van der Waals surface area contributed by atoms with Crippen LogP contribution in [0.25, 0.3) is 0 Å². The van der Waals surface area contributed by atoms with Gasteiger partial charge in [-0.15, -0.1) is 11.3 Å². The van der Waals surface area contributed by atoms with Crippen molar-refractivity contribution in [2.75, 3.05) is 24.2 Å². The topological polar surface area (TPSA) is 71.2 Å². The van der Waals surface area contributed by atoms with Crippen LogP contribution in [0.3, 0.4) is 0 Å². The van der Waals surface area contributed by atoms with Gasteiger partial charge in [-0.3, -0.25) is 4.79 Å². The Hall–Kier alpha value is -2.08. The second-order valence-electron chi connectivity index (χ2n) is 4.47. The molecule has 0 radical (unpaired) electrons. The summed E-state index contributed by atoms with van der Waals surface area (Å²) in [5.41, 5.74) is 10.7. The van der Waals surface area contributed by atoms with Gasteiger partial charge in [0.1, 0.15) is 0 Å². The van der Waals surface area contributed by atoms with E-state index in [1.807, 2.05) is 30.3 Å². The third-order valence-corrected chi connectivity index (χ3v) is 3.53. The summed E-state index contributed by atoms with van der Waals surface area (Å²) >= 11 is 1.56. The molecule has 1 aromatic heterocycles. The number of amides is 1. The molecule has 1 heterocycles. The SMILES string of the molecule is CCNC(=O)c1ccc(N)cc1N(C)Cc1cscn1. The minimum atomic E-state index is -0.0902. The van der Waals surface area contributed by atoms with E-state index in [-0.39, 0.29) is 5.91 Å². The van der Waals surface area contributed by atoms with E-state index in [1.165, 1.54) is 0 Å². The van der Waals surface area contributed by atoms with Crippen LogP contribution in [0, 0.1) is 0 Å². The zero-order valence-electron chi connectivity index (χ0n) is 11.6. The van der Waals surface area contributed by atoms with Gasteiger partial charge in [0, 0.05) is 24.7 Å². The number of nitrogens with one attached hydrogen (secondary N) is 1. The first-order valence-electron chi connectivity index (χ1n) is 6.37. The Morgan fingerprint density at radius 2 is 2.30 bits per heavy atom. The highest BCUT2D eigenvalue weighted by Crippen LogP contribution is 2.24. The molecular weight excluding hydrogens is 272 g/mol. The van der Waals surface area contributed by atoms with Gasteiger partial charge in [-0.05, 0) is 25.1 Å². The molecule has 1 amide bonds. The normalized spacial score (nSPS) is 10.3. The van der Waals surface area contributed by atoms with Crippen molar-refractivity contribution < 1.29 is 4.79 Å². The van der Waals surface area contributed by atoms with Gasteiger partial charge in [0.25, 0.3) is 5.91 Å². The van der Waals surface area contributed by atoms with Crippen molar-refractivity contribution in [2.45, 2.75) is 13.5 Å². The number of hydrogen-bond donors (Lipinski definition) is 2. The number of hydrogen-bond acceptors (Lipinski definition) is 5. The molecule has 3 N–H and O–H groups in total. The molecule has 0 saturated heterocycles. The smallest absolute Gasteiger partial charge is 0.253 e. The third kappa shape index (κ3) is 3.27. The van der Waals surface area contributed by atoms with Gasteiger partial charge < -0.3 is 16.0 Å². The van der Waals surface area contributed by atoms with Crippen molar-refractivity contribution in [3.63, 3.8) is 0 Å². The van der Waals surface area contributed by atoms with Crippen molar-refractivity contribution >= 4 is 28.6 Å². The standard InChI is InChI=1S/C14H18N4OS/c1-3-16-14(19)12-5-4-10(15)6-13(12)18(2)7-11-8-20-9-17-11/h4-6,8-9H,3,7,15H2,1-2H3,(H,16,19). The first-order valence-corrected chi connectivity index (χ1v) is 7.32. The van der Waals surface area contributed by atoms with Crippen LogP contribution in [0.4, 0.5) is 11.4 Å². The lowest BCUT2D eigenvalue weighted by Crippen LogP contribution is -2.26. The number of nitrogens with two attached hydrogens (primary N) is 1. The van der Waals surface area contributed by atoms with Crippen LogP contribution in [0.5, 0.6) is 0 Å². The molecule has 1 aromatic carbocycles. The van der Waals surface area contributed by atoms with E-state index >= 15 is 0 Å². The van der Waals surface area contributed by atoms with E-state index in [0.29, 0.717) is 24.3 Å². The van der Waals surface area contributed by atoms with Crippen molar-refractivity contribution in [1.29, 1.82) is 0 Å². The number of carbonyl (C=O) groups is 1. The molecule has 0 aliphatic heterocycles.